The van der Waals surface area contributed by atoms with Crippen LogP contribution >= 0.6 is 35.6 Å². The van der Waals surface area contributed by atoms with Crippen LogP contribution in [0, 0.1) is 0 Å². The number of amides is 1. The van der Waals surface area contributed by atoms with E-state index in [1.165, 1.54) is 9.80 Å². The molecule has 1 heterocycles. The first-order chi connectivity index (χ1) is 12.7. The second kappa shape index (κ2) is 10.5. The number of nitrogens with zero attached hydrogens (tertiary/aromatic N) is 1. The van der Waals surface area contributed by atoms with Crippen LogP contribution in [0.5, 0.6) is 0 Å². The molecule has 0 bridgehead atoms. The van der Waals surface area contributed by atoms with E-state index in [9.17, 15) is 4.79 Å². The van der Waals surface area contributed by atoms with Crippen molar-refractivity contribution < 1.29 is 9.69 Å². The summed E-state index contributed by atoms with van der Waals surface area (Å²) < 4.78 is 0. The normalized spacial score (nSPS) is 15.5. The highest BCUT2D eigenvalue weighted by Crippen LogP contribution is 2.19. The van der Waals surface area contributed by atoms with E-state index in [1.807, 2.05) is 45.0 Å². The molecule has 0 aliphatic carbocycles. The Labute approximate surface area is 177 Å². The molecule has 1 amide bonds. The first kappa shape index (κ1) is 22.3. The number of thioether (sulfide) groups is 1. The van der Waals surface area contributed by atoms with E-state index in [1.54, 1.807) is 11.8 Å². The largest absolute Gasteiger partial charge is 0.362 e. The third-order valence-electron chi connectivity index (χ3n) is 4.14. The Balaban J connectivity index is 1.61. The summed E-state index contributed by atoms with van der Waals surface area (Å²) in [7, 11) is 0. The number of quaternary nitrogens is 1. The minimum atomic E-state index is -0.173. The SMILES string of the molecule is CC(C)(C)NC(=O)C[NH+]1CCN(C(=S)NCCSc2ccc(Cl)cc2)CC1. The molecule has 1 aliphatic rings. The van der Waals surface area contributed by atoms with Gasteiger partial charge in [-0.1, -0.05) is 11.6 Å². The Hall–Kier alpha value is -1.02. The van der Waals surface area contributed by atoms with Crippen LogP contribution in [0.15, 0.2) is 29.2 Å². The fourth-order valence-corrected chi connectivity index (χ4v) is 4.04. The van der Waals surface area contributed by atoms with Crippen molar-refractivity contribution in [2.45, 2.75) is 31.2 Å². The quantitative estimate of drug-likeness (QED) is 0.363. The van der Waals surface area contributed by atoms with E-state index < -0.39 is 0 Å². The van der Waals surface area contributed by atoms with Gasteiger partial charge in [-0.25, -0.2) is 0 Å². The number of benzene rings is 1. The molecule has 5 nitrogen and oxygen atoms in total. The molecule has 1 fully saturated rings. The first-order valence-corrected chi connectivity index (χ1v) is 11.1. The monoisotopic (exact) mass is 429 g/mol. The molecule has 0 aromatic heterocycles. The van der Waals surface area contributed by atoms with Gasteiger partial charge in [0, 0.05) is 27.8 Å². The van der Waals surface area contributed by atoms with Crippen LogP contribution < -0.4 is 15.5 Å². The summed E-state index contributed by atoms with van der Waals surface area (Å²) in [4.78, 5) is 16.8. The van der Waals surface area contributed by atoms with Gasteiger partial charge in [-0.05, 0) is 57.3 Å². The van der Waals surface area contributed by atoms with Crippen molar-refractivity contribution in [3.8, 4) is 0 Å². The number of rotatable bonds is 6. The molecular formula is C19H30ClN4OS2+. The van der Waals surface area contributed by atoms with Gasteiger partial charge < -0.3 is 20.4 Å². The number of piperazine rings is 1. The third kappa shape index (κ3) is 8.68. The van der Waals surface area contributed by atoms with E-state index in [-0.39, 0.29) is 11.4 Å². The summed E-state index contributed by atoms with van der Waals surface area (Å²) in [6, 6.07) is 7.88. The predicted octanol–water partition coefficient (Wildman–Crippen LogP) is 1.42. The fourth-order valence-electron chi connectivity index (χ4n) is 2.86. The topological polar surface area (TPSA) is 48.8 Å². The Morgan fingerprint density at radius 2 is 1.89 bits per heavy atom. The summed E-state index contributed by atoms with van der Waals surface area (Å²) in [5.74, 6) is 1.06. The molecule has 0 unspecified atom stereocenters. The Kier molecular flexibility index (Phi) is 8.66. The molecule has 0 spiro atoms. The molecule has 150 valence electrons. The van der Waals surface area contributed by atoms with E-state index in [0.29, 0.717) is 6.54 Å². The lowest BCUT2D eigenvalue weighted by Crippen LogP contribution is -3.16. The number of hydrogen-bond donors (Lipinski definition) is 3. The Bertz CT molecular complexity index is 626. The van der Waals surface area contributed by atoms with E-state index in [4.69, 9.17) is 23.8 Å². The van der Waals surface area contributed by atoms with Crippen molar-refractivity contribution in [2.24, 2.45) is 0 Å². The summed E-state index contributed by atoms with van der Waals surface area (Å²) in [6.07, 6.45) is 0. The van der Waals surface area contributed by atoms with Gasteiger partial charge in [-0.2, -0.15) is 0 Å². The Morgan fingerprint density at radius 3 is 2.48 bits per heavy atom. The Morgan fingerprint density at radius 1 is 1.26 bits per heavy atom. The first-order valence-electron chi connectivity index (χ1n) is 9.29. The van der Waals surface area contributed by atoms with Crippen LogP contribution in [-0.2, 0) is 4.79 Å². The van der Waals surface area contributed by atoms with Gasteiger partial charge in [0.15, 0.2) is 11.7 Å². The molecule has 0 radical (unpaired) electrons. The van der Waals surface area contributed by atoms with Crippen LogP contribution in [0.2, 0.25) is 5.02 Å². The highest BCUT2D eigenvalue weighted by Gasteiger charge is 2.24. The fraction of sp³-hybridized carbons (Fsp3) is 0.579. The number of thiocarbonyl (C=S) groups is 1. The number of halogens is 1. The maximum absolute atomic E-state index is 12.1. The van der Waals surface area contributed by atoms with Gasteiger partial charge in [0.25, 0.3) is 5.91 Å². The van der Waals surface area contributed by atoms with Crippen LogP contribution in [0.25, 0.3) is 0 Å². The lowest BCUT2D eigenvalue weighted by molar-refractivity contribution is -0.895. The van der Waals surface area contributed by atoms with Gasteiger partial charge in [0.1, 0.15) is 0 Å². The maximum Gasteiger partial charge on any atom is 0.275 e. The highest BCUT2D eigenvalue weighted by molar-refractivity contribution is 7.99. The number of nitrogens with one attached hydrogen (secondary N) is 3. The van der Waals surface area contributed by atoms with Gasteiger partial charge in [0.05, 0.1) is 26.2 Å². The number of carbonyl (C=O) groups is 1. The molecule has 1 aromatic carbocycles. The van der Waals surface area contributed by atoms with Crippen LogP contribution in [-0.4, -0.2) is 66.5 Å². The van der Waals surface area contributed by atoms with Crippen LogP contribution in [0.1, 0.15) is 20.8 Å². The number of hydrogen-bond acceptors (Lipinski definition) is 3. The second-order valence-electron chi connectivity index (χ2n) is 7.75. The average Bonchev–Trinajstić information content (AvgIpc) is 2.59. The maximum atomic E-state index is 12.1. The minimum absolute atomic E-state index is 0.117. The predicted molar refractivity (Wildman–Crippen MR) is 118 cm³/mol. The molecule has 27 heavy (non-hydrogen) atoms. The molecule has 0 atom stereocenters. The summed E-state index contributed by atoms with van der Waals surface area (Å²) in [5, 5.41) is 7.94. The number of carbonyl (C=O) groups excluding carboxylic acids is 1. The van der Waals surface area contributed by atoms with Gasteiger partial charge in [-0.3, -0.25) is 4.79 Å². The molecule has 8 heteroatoms. The summed E-state index contributed by atoms with van der Waals surface area (Å²) in [5.41, 5.74) is -0.173. The zero-order valence-corrected chi connectivity index (χ0v) is 18.7. The van der Waals surface area contributed by atoms with Crippen molar-refractivity contribution in [3.63, 3.8) is 0 Å². The van der Waals surface area contributed by atoms with E-state index in [2.05, 4.69) is 15.5 Å². The van der Waals surface area contributed by atoms with Crippen molar-refractivity contribution in [1.29, 1.82) is 0 Å². The second-order valence-corrected chi connectivity index (χ2v) is 9.74. The van der Waals surface area contributed by atoms with Crippen molar-refractivity contribution in [3.05, 3.63) is 29.3 Å². The zero-order chi connectivity index (χ0) is 19.9. The lowest BCUT2D eigenvalue weighted by Gasteiger charge is -2.34. The summed E-state index contributed by atoms with van der Waals surface area (Å²) in [6.45, 7) is 11.0. The van der Waals surface area contributed by atoms with E-state index >= 15 is 0 Å². The van der Waals surface area contributed by atoms with Gasteiger partial charge in [0.2, 0.25) is 0 Å². The molecular weight excluding hydrogens is 400 g/mol. The standard InChI is InChI=1S/C19H29ClN4OS2/c1-19(2,3)22-17(25)14-23-9-11-24(12-10-23)18(26)21-8-13-27-16-6-4-15(20)5-7-16/h4-7H,8-14H2,1-3H3,(H,21,26)(H,22,25)/p+1. The third-order valence-corrected chi connectivity index (χ3v) is 5.81. The molecule has 2 rings (SSSR count). The smallest absolute Gasteiger partial charge is 0.275 e. The molecule has 1 aromatic rings. The molecule has 1 aliphatic heterocycles. The average molecular weight is 430 g/mol. The van der Waals surface area contributed by atoms with Crippen molar-refractivity contribution in [1.82, 2.24) is 15.5 Å². The molecule has 0 saturated carbocycles. The highest BCUT2D eigenvalue weighted by atomic mass is 35.5. The minimum Gasteiger partial charge on any atom is -0.362 e. The van der Waals surface area contributed by atoms with Crippen LogP contribution in [0.3, 0.4) is 0 Å². The molecule has 3 N–H and O–H groups in total. The zero-order valence-electron chi connectivity index (χ0n) is 16.3. The lowest BCUT2D eigenvalue weighted by atomic mass is 10.1. The van der Waals surface area contributed by atoms with Gasteiger partial charge in [-0.15, -0.1) is 11.8 Å². The van der Waals surface area contributed by atoms with Crippen molar-refractivity contribution in [2.75, 3.05) is 45.0 Å². The van der Waals surface area contributed by atoms with Crippen LogP contribution in [0.4, 0.5) is 0 Å². The van der Waals surface area contributed by atoms with Crippen molar-refractivity contribution >= 4 is 46.6 Å². The summed E-state index contributed by atoms with van der Waals surface area (Å²) >= 11 is 13.2. The van der Waals surface area contributed by atoms with Gasteiger partial charge >= 0.3 is 0 Å². The van der Waals surface area contributed by atoms with E-state index in [0.717, 1.165) is 48.6 Å². The molecule has 1 saturated heterocycles.